The standard InChI is InChI=1S/C14H20BrN3O2/c1-10(16)12-3-2-6-17(9-12)8-11-4-5-13(15)14(7-11)18(19)20/h4-5,7,10,12H,2-3,6,8-9,16H2,1H3. The van der Waals surface area contributed by atoms with Crippen LogP contribution < -0.4 is 5.73 Å². The molecule has 0 spiro atoms. The van der Waals surface area contributed by atoms with Gasteiger partial charge in [0.1, 0.15) is 0 Å². The number of hydrogen-bond acceptors (Lipinski definition) is 4. The molecule has 2 N–H and O–H groups in total. The van der Waals surface area contributed by atoms with E-state index in [1.807, 2.05) is 6.07 Å². The summed E-state index contributed by atoms with van der Waals surface area (Å²) in [6.45, 7) is 4.81. The highest BCUT2D eigenvalue weighted by Crippen LogP contribution is 2.27. The quantitative estimate of drug-likeness (QED) is 0.675. The van der Waals surface area contributed by atoms with Crippen LogP contribution in [0.5, 0.6) is 0 Å². The van der Waals surface area contributed by atoms with E-state index in [9.17, 15) is 10.1 Å². The normalized spacial score (nSPS) is 21.6. The number of nitrogens with two attached hydrogens (primary N) is 1. The van der Waals surface area contributed by atoms with Gasteiger partial charge in [-0.3, -0.25) is 15.0 Å². The van der Waals surface area contributed by atoms with Crippen LogP contribution in [0.3, 0.4) is 0 Å². The minimum absolute atomic E-state index is 0.128. The molecule has 0 saturated carbocycles. The molecule has 1 saturated heterocycles. The van der Waals surface area contributed by atoms with Crippen molar-refractivity contribution in [3.63, 3.8) is 0 Å². The molecule has 20 heavy (non-hydrogen) atoms. The van der Waals surface area contributed by atoms with E-state index in [0.717, 1.165) is 31.6 Å². The molecule has 0 amide bonds. The Morgan fingerprint density at radius 3 is 3.00 bits per heavy atom. The van der Waals surface area contributed by atoms with E-state index >= 15 is 0 Å². The van der Waals surface area contributed by atoms with Gasteiger partial charge in [0, 0.05) is 25.2 Å². The first-order valence-corrected chi connectivity index (χ1v) is 7.67. The largest absolute Gasteiger partial charge is 0.328 e. The zero-order valence-corrected chi connectivity index (χ0v) is 13.2. The fourth-order valence-electron chi connectivity index (χ4n) is 2.72. The third-order valence-electron chi connectivity index (χ3n) is 3.90. The fourth-order valence-corrected chi connectivity index (χ4v) is 3.11. The average Bonchev–Trinajstić information content (AvgIpc) is 2.41. The molecular weight excluding hydrogens is 322 g/mol. The van der Waals surface area contributed by atoms with Crippen molar-refractivity contribution in [3.8, 4) is 0 Å². The Morgan fingerprint density at radius 1 is 1.60 bits per heavy atom. The fraction of sp³-hybridized carbons (Fsp3) is 0.571. The molecule has 0 radical (unpaired) electrons. The number of nitrogens with zero attached hydrogens (tertiary/aromatic N) is 2. The van der Waals surface area contributed by atoms with Gasteiger partial charge in [-0.15, -0.1) is 0 Å². The third kappa shape index (κ3) is 3.77. The lowest BCUT2D eigenvalue weighted by Gasteiger charge is -2.34. The highest BCUT2D eigenvalue weighted by molar-refractivity contribution is 9.10. The van der Waals surface area contributed by atoms with Gasteiger partial charge in [0.15, 0.2) is 0 Å². The molecule has 1 heterocycles. The Hall–Kier alpha value is -0.980. The molecule has 1 aromatic rings. The number of rotatable bonds is 4. The zero-order valence-electron chi connectivity index (χ0n) is 11.6. The third-order valence-corrected chi connectivity index (χ3v) is 4.57. The summed E-state index contributed by atoms with van der Waals surface area (Å²) in [5, 5.41) is 11.0. The summed E-state index contributed by atoms with van der Waals surface area (Å²) in [7, 11) is 0. The van der Waals surface area contributed by atoms with Crippen LogP contribution in [-0.4, -0.2) is 29.0 Å². The Morgan fingerprint density at radius 2 is 2.35 bits per heavy atom. The maximum atomic E-state index is 11.0. The zero-order chi connectivity index (χ0) is 14.7. The maximum absolute atomic E-state index is 11.0. The van der Waals surface area contributed by atoms with Crippen LogP contribution in [0.2, 0.25) is 0 Å². The van der Waals surface area contributed by atoms with Crippen molar-refractivity contribution >= 4 is 21.6 Å². The number of likely N-dealkylation sites (tertiary alicyclic amines) is 1. The van der Waals surface area contributed by atoms with Crippen LogP contribution in [0.25, 0.3) is 0 Å². The number of nitro groups is 1. The molecule has 110 valence electrons. The second kappa shape index (κ2) is 6.65. The number of piperidine rings is 1. The van der Waals surface area contributed by atoms with E-state index in [4.69, 9.17) is 5.73 Å². The molecule has 1 aromatic carbocycles. The first kappa shape index (κ1) is 15.4. The van der Waals surface area contributed by atoms with Gasteiger partial charge >= 0.3 is 0 Å². The molecule has 0 aromatic heterocycles. The van der Waals surface area contributed by atoms with Gasteiger partial charge in [-0.2, -0.15) is 0 Å². The predicted octanol–water partition coefficient (Wildman–Crippen LogP) is 2.92. The molecule has 2 rings (SSSR count). The lowest BCUT2D eigenvalue weighted by atomic mass is 9.92. The Kier molecular flexibility index (Phi) is 5.12. The van der Waals surface area contributed by atoms with E-state index < -0.39 is 0 Å². The van der Waals surface area contributed by atoms with Crippen LogP contribution >= 0.6 is 15.9 Å². The summed E-state index contributed by atoms with van der Waals surface area (Å²) in [6.07, 6.45) is 2.32. The number of nitro benzene ring substituents is 1. The number of benzene rings is 1. The van der Waals surface area contributed by atoms with Crippen LogP contribution in [0, 0.1) is 16.0 Å². The summed E-state index contributed by atoms with van der Waals surface area (Å²) in [4.78, 5) is 12.9. The monoisotopic (exact) mass is 341 g/mol. The topological polar surface area (TPSA) is 72.4 Å². The lowest BCUT2D eigenvalue weighted by Crippen LogP contribution is -2.41. The van der Waals surface area contributed by atoms with Gasteiger partial charge in [-0.05, 0) is 59.8 Å². The number of hydrogen-bond donors (Lipinski definition) is 1. The van der Waals surface area contributed by atoms with Crippen LogP contribution in [0.15, 0.2) is 22.7 Å². The van der Waals surface area contributed by atoms with Crippen molar-refractivity contribution < 1.29 is 4.92 Å². The molecule has 6 heteroatoms. The van der Waals surface area contributed by atoms with Crippen LogP contribution in [0.1, 0.15) is 25.3 Å². The molecule has 1 aliphatic heterocycles. The van der Waals surface area contributed by atoms with Crippen molar-refractivity contribution in [1.29, 1.82) is 0 Å². The van der Waals surface area contributed by atoms with Crippen LogP contribution in [0.4, 0.5) is 5.69 Å². The first-order chi connectivity index (χ1) is 9.47. The molecule has 0 bridgehead atoms. The van der Waals surface area contributed by atoms with Gasteiger partial charge < -0.3 is 5.73 Å². The summed E-state index contributed by atoms with van der Waals surface area (Å²) in [5.41, 5.74) is 7.09. The second-order valence-corrected chi connectivity index (χ2v) is 6.39. The maximum Gasteiger partial charge on any atom is 0.283 e. The first-order valence-electron chi connectivity index (χ1n) is 6.88. The summed E-state index contributed by atoms with van der Waals surface area (Å²) in [5.74, 6) is 0.522. The van der Waals surface area contributed by atoms with Gasteiger partial charge in [0.25, 0.3) is 5.69 Å². The van der Waals surface area contributed by atoms with E-state index in [-0.39, 0.29) is 16.7 Å². The van der Waals surface area contributed by atoms with Crippen LogP contribution in [-0.2, 0) is 6.54 Å². The van der Waals surface area contributed by atoms with E-state index in [0.29, 0.717) is 10.4 Å². The Labute approximate surface area is 127 Å². The molecule has 0 aliphatic carbocycles. The lowest BCUT2D eigenvalue weighted by molar-refractivity contribution is -0.385. The summed E-state index contributed by atoms with van der Waals surface area (Å²) >= 11 is 3.21. The second-order valence-electron chi connectivity index (χ2n) is 5.54. The van der Waals surface area contributed by atoms with Crippen molar-refractivity contribution in [2.45, 2.75) is 32.4 Å². The highest BCUT2D eigenvalue weighted by Gasteiger charge is 2.23. The Bertz CT molecular complexity index is 493. The molecule has 1 fully saturated rings. The van der Waals surface area contributed by atoms with Gasteiger partial charge in [0.05, 0.1) is 9.40 Å². The summed E-state index contributed by atoms with van der Waals surface area (Å²) < 4.78 is 0.526. The van der Waals surface area contributed by atoms with Crippen molar-refractivity contribution in [3.05, 3.63) is 38.3 Å². The summed E-state index contributed by atoms with van der Waals surface area (Å²) in [6, 6.07) is 5.55. The minimum atomic E-state index is -0.353. The number of halogens is 1. The van der Waals surface area contributed by atoms with Gasteiger partial charge in [-0.25, -0.2) is 0 Å². The molecule has 1 aliphatic rings. The molecule has 2 atom stereocenters. The Balaban J connectivity index is 2.06. The van der Waals surface area contributed by atoms with E-state index in [1.54, 1.807) is 12.1 Å². The van der Waals surface area contributed by atoms with E-state index in [1.165, 1.54) is 6.42 Å². The SMILES string of the molecule is CC(N)C1CCCN(Cc2ccc(Br)c([N+](=O)[O-])c2)C1. The molecular formula is C14H20BrN3O2. The molecule has 2 unspecified atom stereocenters. The van der Waals surface area contributed by atoms with E-state index in [2.05, 4.69) is 27.8 Å². The van der Waals surface area contributed by atoms with Crippen molar-refractivity contribution in [2.75, 3.05) is 13.1 Å². The smallest absolute Gasteiger partial charge is 0.283 e. The van der Waals surface area contributed by atoms with Crippen molar-refractivity contribution in [1.82, 2.24) is 4.90 Å². The predicted molar refractivity (Wildman–Crippen MR) is 82.4 cm³/mol. The minimum Gasteiger partial charge on any atom is -0.328 e. The van der Waals surface area contributed by atoms with Gasteiger partial charge in [0.2, 0.25) is 0 Å². The van der Waals surface area contributed by atoms with Gasteiger partial charge in [-0.1, -0.05) is 6.07 Å². The highest BCUT2D eigenvalue weighted by atomic mass is 79.9. The molecule has 5 nitrogen and oxygen atoms in total. The average molecular weight is 342 g/mol. The van der Waals surface area contributed by atoms with Crippen molar-refractivity contribution in [2.24, 2.45) is 11.7 Å².